The first-order chi connectivity index (χ1) is 7.13. The topological polar surface area (TPSA) is 48.1 Å². The van der Waals surface area contributed by atoms with Crippen LogP contribution in [0, 0.1) is 10.1 Å². The monoisotopic (exact) mass is 202 g/mol. The van der Waals surface area contributed by atoms with Crippen LogP contribution in [0.3, 0.4) is 0 Å². The highest BCUT2D eigenvalue weighted by Crippen LogP contribution is 2.19. The molecule has 0 atom stereocenters. The highest BCUT2D eigenvalue weighted by Gasteiger charge is 2.11. The van der Waals surface area contributed by atoms with Crippen LogP contribution in [-0.2, 0) is 6.54 Å². The van der Waals surface area contributed by atoms with Gasteiger partial charge >= 0.3 is 0 Å². The van der Waals surface area contributed by atoms with Gasteiger partial charge in [0, 0.05) is 35.8 Å². The Labute approximate surface area is 88.1 Å². The van der Waals surface area contributed by atoms with Crippen LogP contribution in [0.4, 0.5) is 5.69 Å². The van der Waals surface area contributed by atoms with E-state index in [4.69, 9.17) is 0 Å². The molecule has 1 aromatic heterocycles. The number of aromatic nitrogens is 1. The van der Waals surface area contributed by atoms with Crippen molar-refractivity contribution in [2.24, 2.45) is 0 Å². The first-order valence-corrected chi connectivity index (χ1v) is 4.87. The first-order valence-electron chi connectivity index (χ1n) is 4.87. The van der Waals surface area contributed by atoms with Crippen LogP contribution in [0.15, 0.2) is 24.4 Å². The Morgan fingerprint density at radius 1 is 1.53 bits per heavy atom. The molecular weight excluding hydrogens is 191 g/mol. The number of nitrogens with zero attached hydrogens (tertiary/aromatic N) is 2. The third-order valence-corrected chi connectivity index (χ3v) is 2.59. The Hall–Kier alpha value is -1.78. The molecule has 1 heterocycles. The molecule has 0 fully saturated rings. The Balaban J connectivity index is 2.74. The van der Waals surface area contributed by atoms with Crippen molar-refractivity contribution in [2.45, 2.75) is 13.5 Å². The smallest absolute Gasteiger partial charge is 0.269 e. The molecule has 0 saturated carbocycles. The van der Waals surface area contributed by atoms with Gasteiger partial charge in [-0.25, -0.2) is 0 Å². The molecule has 1 aromatic carbocycles. The Morgan fingerprint density at radius 2 is 2.27 bits per heavy atom. The second-order valence-corrected chi connectivity index (χ2v) is 3.56. The molecule has 0 bridgehead atoms. The van der Waals surface area contributed by atoms with E-state index in [2.05, 4.69) is 11.5 Å². The Bertz CT molecular complexity index is 533. The molecule has 0 N–H and O–H groups in total. The lowest BCUT2D eigenvalue weighted by atomic mass is 9.93. The third-order valence-electron chi connectivity index (χ3n) is 2.59. The summed E-state index contributed by atoms with van der Waals surface area (Å²) in [6, 6.07) is 5.15. The number of fused-ring (bicyclic) bond motifs is 1. The zero-order valence-electron chi connectivity index (χ0n) is 8.73. The number of rotatable bonds is 2. The maximum absolute atomic E-state index is 10.7. The summed E-state index contributed by atoms with van der Waals surface area (Å²) >= 11 is 0. The SMILES string of the molecule is Bc1cc([N+](=O)[O-])cc2ccn(CC)c12. The average molecular weight is 202 g/mol. The molecule has 0 amide bonds. The minimum absolute atomic E-state index is 0.161. The largest absolute Gasteiger partial charge is 0.348 e. The summed E-state index contributed by atoms with van der Waals surface area (Å²) in [7, 11) is 1.90. The minimum Gasteiger partial charge on any atom is -0.348 e. The van der Waals surface area contributed by atoms with Gasteiger partial charge in [-0.3, -0.25) is 10.1 Å². The molecule has 15 heavy (non-hydrogen) atoms. The molecule has 0 aliphatic carbocycles. The molecule has 2 rings (SSSR count). The number of benzene rings is 1. The molecule has 5 heteroatoms. The van der Waals surface area contributed by atoms with Crippen molar-refractivity contribution in [3.05, 3.63) is 34.5 Å². The summed E-state index contributed by atoms with van der Waals surface area (Å²) < 4.78 is 2.09. The van der Waals surface area contributed by atoms with Crippen molar-refractivity contribution in [3.8, 4) is 0 Å². The van der Waals surface area contributed by atoms with Gasteiger partial charge in [0.1, 0.15) is 7.85 Å². The highest BCUT2D eigenvalue weighted by molar-refractivity contribution is 6.38. The molecule has 76 valence electrons. The van der Waals surface area contributed by atoms with Crippen LogP contribution in [0.25, 0.3) is 10.9 Å². The summed E-state index contributed by atoms with van der Waals surface area (Å²) in [5.41, 5.74) is 2.20. The van der Waals surface area contributed by atoms with Crippen molar-refractivity contribution in [1.29, 1.82) is 0 Å². The van der Waals surface area contributed by atoms with Crippen LogP contribution in [0.5, 0.6) is 0 Å². The van der Waals surface area contributed by atoms with E-state index in [1.54, 1.807) is 12.1 Å². The fourth-order valence-electron chi connectivity index (χ4n) is 1.92. The normalized spacial score (nSPS) is 10.7. The summed E-state index contributed by atoms with van der Waals surface area (Å²) in [4.78, 5) is 10.3. The Morgan fingerprint density at radius 3 is 2.87 bits per heavy atom. The van der Waals surface area contributed by atoms with E-state index >= 15 is 0 Å². The molecule has 0 aliphatic heterocycles. The maximum atomic E-state index is 10.7. The van der Waals surface area contributed by atoms with Crippen LogP contribution >= 0.6 is 0 Å². The van der Waals surface area contributed by atoms with Crippen molar-refractivity contribution >= 4 is 29.9 Å². The molecule has 0 aliphatic rings. The molecule has 0 radical (unpaired) electrons. The van der Waals surface area contributed by atoms with E-state index in [0.717, 1.165) is 22.9 Å². The lowest BCUT2D eigenvalue weighted by Gasteiger charge is -2.04. The number of aryl methyl sites for hydroxylation is 1. The average Bonchev–Trinajstić information content (AvgIpc) is 2.60. The number of nitro benzene ring substituents is 1. The predicted molar refractivity (Wildman–Crippen MR) is 62.4 cm³/mol. The fourth-order valence-corrected chi connectivity index (χ4v) is 1.92. The summed E-state index contributed by atoms with van der Waals surface area (Å²) in [6.45, 7) is 2.93. The van der Waals surface area contributed by atoms with Gasteiger partial charge in [0.25, 0.3) is 5.69 Å². The lowest BCUT2D eigenvalue weighted by Crippen LogP contribution is -2.09. The fraction of sp³-hybridized carbons (Fsp3) is 0.200. The van der Waals surface area contributed by atoms with Crippen LogP contribution < -0.4 is 5.46 Å². The standard InChI is InChI=1S/C10H11BN2O2/c1-2-12-4-3-7-5-8(13(14)15)6-9(11)10(7)12/h3-6H,2,11H2,1H3. The lowest BCUT2D eigenvalue weighted by molar-refractivity contribution is -0.384. The van der Waals surface area contributed by atoms with Gasteiger partial charge in [0.05, 0.1) is 4.92 Å². The highest BCUT2D eigenvalue weighted by atomic mass is 16.6. The van der Waals surface area contributed by atoms with Gasteiger partial charge < -0.3 is 4.57 Å². The number of nitro groups is 1. The molecule has 0 unspecified atom stereocenters. The summed E-state index contributed by atoms with van der Waals surface area (Å²) in [5, 5.41) is 11.6. The molecule has 2 aromatic rings. The predicted octanol–water partition coefficient (Wildman–Crippen LogP) is 0.828. The van der Waals surface area contributed by atoms with E-state index in [-0.39, 0.29) is 10.6 Å². The van der Waals surface area contributed by atoms with Gasteiger partial charge in [0.15, 0.2) is 0 Å². The van der Waals surface area contributed by atoms with E-state index < -0.39 is 0 Å². The van der Waals surface area contributed by atoms with Gasteiger partial charge in [-0.15, -0.1) is 0 Å². The van der Waals surface area contributed by atoms with Crippen molar-refractivity contribution in [3.63, 3.8) is 0 Å². The number of non-ortho nitro benzene ring substituents is 1. The molecule has 0 saturated heterocycles. The second kappa shape index (κ2) is 3.42. The third kappa shape index (κ3) is 1.50. The quantitative estimate of drug-likeness (QED) is 0.411. The van der Waals surface area contributed by atoms with Crippen LogP contribution in [-0.4, -0.2) is 17.3 Å². The van der Waals surface area contributed by atoms with Gasteiger partial charge in [-0.05, 0) is 13.0 Å². The molecule has 0 spiro atoms. The molecular formula is C10H11BN2O2. The zero-order chi connectivity index (χ0) is 11.0. The number of hydrogen-bond donors (Lipinski definition) is 0. The zero-order valence-corrected chi connectivity index (χ0v) is 8.73. The molecule has 4 nitrogen and oxygen atoms in total. The van der Waals surface area contributed by atoms with Crippen LogP contribution in [0.1, 0.15) is 6.92 Å². The first kappa shape index (κ1) is 9.77. The maximum Gasteiger partial charge on any atom is 0.269 e. The summed E-state index contributed by atoms with van der Waals surface area (Å²) in [6.07, 6.45) is 1.96. The van der Waals surface area contributed by atoms with Gasteiger partial charge in [-0.2, -0.15) is 0 Å². The van der Waals surface area contributed by atoms with E-state index in [1.165, 1.54) is 0 Å². The van der Waals surface area contributed by atoms with E-state index in [9.17, 15) is 10.1 Å². The van der Waals surface area contributed by atoms with E-state index in [0.29, 0.717) is 0 Å². The second-order valence-electron chi connectivity index (χ2n) is 3.56. The summed E-state index contributed by atoms with van der Waals surface area (Å²) in [5.74, 6) is 0. The van der Waals surface area contributed by atoms with E-state index in [1.807, 2.05) is 20.1 Å². The number of hydrogen-bond acceptors (Lipinski definition) is 2. The van der Waals surface area contributed by atoms with Crippen molar-refractivity contribution in [1.82, 2.24) is 4.57 Å². The van der Waals surface area contributed by atoms with Crippen LogP contribution in [0.2, 0.25) is 0 Å². The van der Waals surface area contributed by atoms with Crippen molar-refractivity contribution < 1.29 is 4.92 Å². The van der Waals surface area contributed by atoms with Crippen molar-refractivity contribution in [2.75, 3.05) is 0 Å². The Kier molecular flexibility index (Phi) is 2.23. The van der Waals surface area contributed by atoms with Gasteiger partial charge in [-0.1, -0.05) is 5.46 Å². The minimum atomic E-state index is -0.351. The van der Waals surface area contributed by atoms with Gasteiger partial charge in [0.2, 0.25) is 0 Å².